The number of ether oxygens (including phenoxy) is 1. The quantitative estimate of drug-likeness (QED) is 0.767. The van der Waals surface area contributed by atoms with Gasteiger partial charge in [0.2, 0.25) is 5.91 Å². The highest BCUT2D eigenvalue weighted by atomic mass is 16.6. The summed E-state index contributed by atoms with van der Waals surface area (Å²) in [5.41, 5.74) is 4.81. The second-order valence-corrected chi connectivity index (χ2v) is 9.67. The predicted octanol–water partition coefficient (Wildman–Crippen LogP) is 4.00. The maximum absolute atomic E-state index is 12.5. The minimum atomic E-state index is -0.182. The van der Waals surface area contributed by atoms with Crippen molar-refractivity contribution in [3.05, 3.63) is 42.2 Å². The first-order valence-corrected chi connectivity index (χ1v) is 12.2. The summed E-state index contributed by atoms with van der Waals surface area (Å²) < 4.78 is 5.16. The number of anilines is 1. The molecule has 0 unspecified atom stereocenters. The van der Waals surface area contributed by atoms with Gasteiger partial charge in [-0.3, -0.25) is 4.79 Å². The van der Waals surface area contributed by atoms with Crippen molar-refractivity contribution in [3.8, 4) is 11.1 Å². The highest BCUT2D eigenvalue weighted by molar-refractivity contribution is 5.95. The smallest absolute Gasteiger partial charge is 0.409 e. The van der Waals surface area contributed by atoms with Crippen molar-refractivity contribution in [3.63, 3.8) is 0 Å². The van der Waals surface area contributed by atoms with Crippen LogP contribution in [0.25, 0.3) is 11.1 Å². The number of carbonyl (C=O) groups is 2. The molecule has 0 saturated carbocycles. The van der Waals surface area contributed by atoms with Gasteiger partial charge in [0.15, 0.2) is 0 Å². The topological polar surface area (TPSA) is 68.9 Å². The SMILES string of the molecule is CCOC(=O)N1CCC(N2CCC3(CC2)CN(C(C)=O)c2ccc(-c4cc[nH]c4)cc23)CC1. The van der Waals surface area contributed by atoms with Gasteiger partial charge in [0.05, 0.1) is 6.61 Å². The molecule has 2 amide bonds. The molecule has 2 fully saturated rings. The van der Waals surface area contributed by atoms with Crippen molar-refractivity contribution in [1.29, 1.82) is 0 Å². The third kappa shape index (κ3) is 4.03. The molecule has 1 spiro atoms. The number of benzene rings is 1. The van der Waals surface area contributed by atoms with Crippen LogP contribution in [0, 0.1) is 0 Å². The lowest BCUT2D eigenvalue weighted by molar-refractivity contribution is -0.116. The molecule has 0 atom stereocenters. The normalized spacial score (nSPS) is 20.8. The second-order valence-electron chi connectivity index (χ2n) is 9.67. The number of fused-ring (bicyclic) bond motifs is 2. The summed E-state index contributed by atoms with van der Waals surface area (Å²) in [4.78, 5) is 34.1. The first-order valence-electron chi connectivity index (χ1n) is 12.2. The Kier molecular flexibility index (Phi) is 5.91. The Morgan fingerprint density at radius 1 is 1.09 bits per heavy atom. The van der Waals surface area contributed by atoms with Gasteiger partial charge in [0.25, 0.3) is 0 Å². The number of likely N-dealkylation sites (tertiary alicyclic amines) is 2. The van der Waals surface area contributed by atoms with Crippen LogP contribution in [-0.4, -0.2) is 72.2 Å². The molecule has 4 heterocycles. The lowest BCUT2D eigenvalue weighted by Crippen LogP contribution is -2.52. The minimum absolute atomic E-state index is 0.0233. The number of carbonyl (C=O) groups excluding carboxylic acids is 2. The number of hydrogen-bond donors (Lipinski definition) is 1. The molecule has 7 nitrogen and oxygen atoms in total. The number of amides is 2. The van der Waals surface area contributed by atoms with Crippen LogP contribution in [-0.2, 0) is 14.9 Å². The Labute approximate surface area is 195 Å². The summed E-state index contributed by atoms with van der Waals surface area (Å²) in [6.45, 7) is 8.34. The number of aromatic amines is 1. The Bertz CT molecular complexity index is 1000. The summed E-state index contributed by atoms with van der Waals surface area (Å²) >= 11 is 0. The van der Waals surface area contributed by atoms with E-state index >= 15 is 0 Å². The van der Waals surface area contributed by atoms with Crippen LogP contribution in [0.1, 0.15) is 45.1 Å². The van der Waals surface area contributed by atoms with Crippen molar-refractivity contribution in [1.82, 2.24) is 14.8 Å². The summed E-state index contributed by atoms with van der Waals surface area (Å²) in [7, 11) is 0. The van der Waals surface area contributed by atoms with E-state index in [2.05, 4.69) is 34.1 Å². The van der Waals surface area contributed by atoms with Gasteiger partial charge in [-0.05, 0) is 80.6 Å². The summed E-state index contributed by atoms with van der Waals surface area (Å²) in [5.74, 6) is 0.122. The Balaban J connectivity index is 1.30. The largest absolute Gasteiger partial charge is 0.450 e. The Morgan fingerprint density at radius 3 is 2.48 bits per heavy atom. The van der Waals surface area contributed by atoms with Gasteiger partial charge in [-0.1, -0.05) is 6.07 Å². The van der Waals surface area contributed by atoms with Crippen molar-refractivity contribution in [2.45, 2.75) is 51.0 Å². The van der Waals surface area contributed by atoms with E-state index in [9.17, 15) is 9.59 Å². The molecule has 7 heteroatoms. The van der Waals surface area contributed by atoms with Gasteiger partial charge in [0.1, 0.15) is 0 Å². The fourth-order valence-electron chi connectivity index (χ4n) is 6.01. The summed E-state index contributed by atoms with van der Waals surface area (Å²) in [5, 5.41) is 0. The molecule has 2 aromatic rings. The van der Waals surface area contributed by atoms with E-state index in [-0.39, 0.29) is 17.4 Å². The molecule has 3 aliphatic rings. The van der Waals surface area contributed by atoms with Crippen LogP contribution in [0.5, 0.6) is 0 Å². The number of hydrogen-bond acceptors (Lipinski definition) is 4. The number of piperidine rings is 2. The molecule has 1 aromatic carbocycles. The zero-order valence-corrected chi connectivity index (χ0v) is 19.7. The van der Waals surface area contributed by atoms with Crippen molar-refractivity contribution in [2.75, 3.05) is 44.2 Å². The lowest BCUT2D eigenvalue weighted by atomic mass is 9.73. The molecule has 0 aliphatic carbocycles. The number of nitrogens with zero attached hydrogens (tertiary/aromatic N) is 3. The molecule has 0 radical (unpaired) electrons. The van der Waals surface area contributed by atoms with Gasteiger partial charge in [0, 0.05) is 56.1 Å². The maximum atomic E-state index is 12.5. The van der Waals surface area contributed by atoms with E-state index in [4.69, 9.17) is 4.74 Å². The number of H-pyrrole nitrogens is 1. The lowest BCUT2D eigenvalue weighted by Gasteiger charge is -2.45. The maximum Gasteiger partial charge on any atom is 0.409 e. The van der Waals surface area contributed by atoms with E-state index in [1.807, 2.05) is 29.1 Å². The Hall–Kier alpha value is -2.80. The van der Waals surface area contributed by atoms with Gasteiger partial charge in [-0.25, -0.2) is 4.79 Å². The average Bonchev–Trinajstić information content (AvgIpc) is 3.47. The van der Waals surface area contributed by atoms with Crippen molar-refractivity contribution < 1.29 is 14.3 Å². The van der Waals surface area contributed by atoms with Crippen LogP contribution in [0.15, 0.2) is 36.7 Å². The van der Waals surface area contributed by atoms with E-state index in [0.717, 1.165) is 64.1 Å². The van der Waals surface area contributed by atoms with Gasteiger partial charge < -0.3 is 24.4 Å². The molecular formula is C26H34N4O3. The average molecular weight is 451 g/mol. The highest BCUT2D eigenvalue weighted by Gasteiger charge is 2.46. The molecule has 176 valence electrons. The van der Waals surface area contributed by atoms with Crippen LogP contribution in [0.4, 0.5) is 10.5 Å². The van der Waals surface area contributed by atoms with Crippen LogP contribution in [0.3, 0.4) is 0 Å². The van der Waals surface area contributed by atoms with Crippen LogP contribution >= 0.6 is 0 Å². The van der Waals surface area contributed by atoms with Crippen molar-refractivity contribution >= 4 is 17.7 Å². The number of nitrogens with one attached hydrogen (secondary N) is 1. The third-order valence-corrected chi connectivity index (χ3v) is 7.89. The highest BCUT2D eigenvalue weighted by Crippen LogP contribution is 2.48. The molecule has 3 aliphatic heterocycles. The van der Waals surface area contributed by atoms with Crippen molar-refractivity contribution in [2.24, 2.45) is 0 Å². The molecular weight excluding hydrogens is 416 g/mol. The van der Waals surface area contributed by atoms with Gasteiger partial charge >= 0.3 is 6.09 Å². The first kappa shape index (κ1) is 22.0. The molecule has 1 aromatic heterocycles. The standard InChI is InChI=1S/C26H34N4O3/c1-3-33-25(32)29-12-7-22(8-13-29)28-14-9-26(10-15-28)18-30(19(2)31)24-5-4-20(16-23(24)26)21-6-11-27-17-21/h4-6,11,16-17,22,27H,3,7-10,12-15,18H2,1-2H3. The Morgan fingerprint density at radius 2 is 1.85 bits per heavy atom. The van der Waals surface area contributed by atoms with Crippen LogP contribution in [0.2, 0.25) is 0 Å². The van der Waals surface area contributed by atoms with Gasteiger partial charge in [-0.2, -0.15) is 0 Å². The second kappa shape index (κ2) is 8.86. The minimum Gasteiger partial charge on any atom is -0.450 e. The van der Waals surface area contributed by atoms with E-state index in [1.54, 1.807) is 6.92 Å². The number of aromatic nitrogens is 1. The molecule has 33 heavy (non-hydrogen) atoms. The molecule has 0 bridgehead atoms. The fraction of sp³-hybridized carbons (Fsp3) is 0.538. The van der Waals surface area contributed by atoms with Crippen LogP contribution < -0.4 is 4.90 Å². The van der Waals surface area contributed by atoms with E-state index in [0.29, 0.717) is 12.6 Å². The van der Waals surface area contributed by atoms with Gasteiger partial charge in [-0.15, -0.1) is 0 Å². The zero-order valence-electron chi connectivity index (χ0n) is 19.7. The van der Waals surface area contributed by atoms with E-state index in [1.165, 1.54) is 16.7 Å². The first-order chi connectivity index (χ1) is 16.0. The fourth-order valence-corrected chi connectivity index (χ4v) is 6.01. The third-order valence-electron chi connectivity index (χ3n) is 7.89. The predicted molar refractivity (Wildman–Crippen MR) is 128 cm³/mol. The molecule has 2 saturated heterocycles. The zero-order chi connectivity index (χ0) is 23.0. The molecule has 1 N–H and O–H groups in total. The number of rotatable bonds is 3. The summed E-state index contributed by atoms with van der Waals surface area (Å²) in [6, 6.07) is 9.19. The summed E-state index contributed by atoms with van der Waals surface area (Å²) in [6.07, 6.45) is 7.90. The molecule has 5 rings (SSSR count). The monoisotopic (exact) mass is 450 g/mol. The van der Waals surface area contributed by atoms with E-state index < -0.39 is 0 Å².